The van der Waals surface area contributed by atoms with Crippen LogP contribution in [0, 0.1) is 5.92 Å². The van der Waals surface area contributed by atoms with Gasteiger partial charge < -0.3 is 10.2 Å². The van der Waals surface area contributed by atoms with Crippen LogP contribution in [0.3, 0.4) is 0 Å². The number of benzene rings is 1. The van der Waals surface area contributed by atoms with Gasteiger partial charge in [-0.1, -0.05) is 37.6 Å². The van der Waals surface area contributed by atoms with Crippen molar-refractivity contribution in [1.29, 1.82) is 0 Å². The van der Waals surface area contributed by atoms with E-state index < -0.39 is 0 Å². The molecule has 0 aliphatic carbocycles. The zero-order valence-electron chi connectivity index (χ0n) is 12.1. The summed E-state index contributed by atoms with van der Waals surface area (Å²) in [4.78, 5) is 2.66. The molecule has 2 aliphatic rings. The number of rotatable bonds is 3. The average Bonchev–Trinajstić information content (AvgIpc) is 2.48. The van der Waals surface area contributed by atoms with E-state index in [1.807, 2.05) is 0 Å². The summed E-state index contributed by atoms with van der Waals surface area (Å²) >= 11 is 0. The molecule has 2 heterocycles. The topological polar surface area (TPSA) is 15.3 Å². The standard InChI is InChI=1S/C17H26N2/c1-2-14-7-9-19(10-8-14)13-17-11-15-5-3-4-6-16(15)12-18-17/h3-6,14,17-18H,2,7-13H2,1H3. The van der Waals surface area contributed by atoms with Crippen LogP contribution >= 0.6 is 0 Å². The van der Waals surface area contributed by atoms with Crippen molar-refractivity contribution in [2.45, 2.75) is 45.2 Å². The van der Waals surface area contributed by atoms with Gasteiger partial charge in [-0.15, -0.1) is 0 Å². The number of fused-ring (bicyclic) bond motifs is 1. The molecular weight excluding hydrogens is 232 g/mol. The fourth-order valence-corrected chi connectivity index (χ4v) is 3.54. The molecular formula is C17H26N2. The number of hydrogen-bond acceptors (Lipinski definition) is 2. The maximum Gasteiger partial charge on any atom is 0.0238 e. The van der Waals surface area contributed by atoms with E-state index in [-0.39, 0.29) is 0 Å². The smallest absolute Gasteiger partial charge is 0.0238 e. The van der Waals surface area contributed by atoms with Crippen LogP contribution in [0.2, 0.25) is 0 Å². The summed E-state index contributed by atoms with van der Waals surface area (Å²) in [7, 11) is 0. The molecule has 1 unspecified atom stereocenters. The molecule has 19 heavy (non-hydrogen) atoms. The Hall–Kier alpha value is -0.860. The van der Waals surface area contributed by atoms with Crippen molar-refractivity contribution in [3.05, 3.63) is 35.4 Å². The molecule has 3 rings (SSSR count). The number of nitrogens with one attached hydrogen (secondary N) is 1. The lowest BCUT2D eigenvalue weighted by Crippen LogP contribution is -2.46. The van der Waals surface area contributed by atoms with Gasteiger partial charge in [-0.05, 0) is 49.4 Å². The van der Waals surface area contributed by atoms with Crippen LogP contribution < -0.4 is 5.32 Å². The summed E-state index contributed by atoms with van der Waals surface area (Å²) in [6, 6.07) is 9.52. The third-order valence-electron chi connectivity index (χ3n) is 4.93. The molecule has 1 aromatic carbocycles. The molecule has 1 atom stereocenters. The van der Waals surface area contributed by atoms with Crippen LogP contribution in [0.4, 0.5) is 0 Å². The number of nitrogens with zero attached hydrogens (tertiary/aromatic N) is 1. The predicted molar refractivity (Wildman–Crippen MR) is 80.2 cm³/mol. The number of hydrogen-bond donors (Lipinski definition) is 1. The highest BCUT2D eigenvalue weighted by atomic mass is 15.2. The van der Waals surface area contributed by atoms with Crippen molar-refractivity contribution in [3.63, 3.8) is 0 Å². The van der Waals surface area contributed by atoms with Gasteiger partial charge in [0.1, 0.15) is 0 Å². The lowest BCUT2D eigenvalue weighted by Gasteiger charge is -2.36. The quantitative estimate of drug-likeness (QED) is 0.897. The highest BCUT2D eigenvalue weighted by Gasteiger charge is 2.23. The Morgan fingerprint density at radius 3 is 2.63 bits per heavy atom. The third-order valence-corrected chi connectivity index (χ3v) is 4.93. The molecule has 2 heteroatoms. The molecule has 1 aromatic rings. The molecule has 0 radical (unpaired) electrons. The van der Waals surface area contributed by atoms with Gasteiger partial charge in [-0.3, -0.25) is 0 Å². The Morgan fingerprint density at radius 2 is 1.89 bits per heavy atom. The molecule has 2 nitrogen and oxygen atoms in total. The van der Waals surface area contributed by atoms with Gasteiger partial charge in [0.2, 0.25) is 0 Å². The van der Waals surface area contributed by atoms with Crippen LogP contribution in [0.15, 0.2) is 24.3 Å². The van der Waals surface area contributed by atoms with Crippen molar-refractivity contribution in [1.82, 2.24) is 10.2 Å². The molecule has 1 fully saturated rings. The van der Waals surface area contributed by atoms with Crippen LogP contribution in [0.25, 0.3) is 0 Å². The van der Waals surface area contributed by atoms with E-state index in [0.29, 0.717) is 6.04 Å². The molecule has 0 saturated carbocycles. The van der Waals surface area contributed by atoms with Gasteiger partial charge in [-0.25, -0.2) is 0 Å². The SMILES string of the molecule is CCC1CCN(CC2Cc3ccccc3CN2)CC1. The second kappa shape index (κ2) is 6.06. The van der Waals surface area contributed by atoms with Gasteiger partial charge in [0.25, 0.3) is 0 Å². The maximum absolute atomic E-state index is 3.71. The van der Waals surface area contributed by atoms with Crippen LogP contribution in [-0.2, 0) is 13.0 Å². The minimum absolute atomic E-state index is 0.646. The fourth-order valence-electron chi connectivity index (χ4n) is 3.54. The zero-order chi connectivity index (χ0) is 13.1. The van der Waals surface area contributed by atoms with Gasteiger partial charge in [0, 0.05) is 19.1 Å². The highest BCUT2D eigenvalue weighted by Crippen LogP contribution is 2.22. The van der Waals surface area contributed by atoms with Gasteiger partial charge in [-0.2, -0.15) is 0 Å². The van der Waals surface area contributed by atoms with Gasteiger partial charge >= 0.3 is 0 Å². The second-order valence-electron chi connectivity index (χ2n) is 6.20. The first-order valence-electron chi connectivity index (χ1n) is 7.87. The molecule has 1 N–H and O–H groups in total. The van der Waals surface area contributed by atoms with Crippen molar-refractivity contribution >= 4 is 0 Å². The first-order chi connectivity index (χ1) is 9.35. The van der Waals surface area contributed by atoms with Gasteiger partial charge in [0.15, 0.2) is 0 Å². The largest absolute Gasteiger partial charge is 0.308 e. The summed E-state index contributed by atoms with van der Waals surface area (Å²) in [5, 5.41) is 3.71. The van der Waals surface area contributed by atoms with Crippen LogP contribution in [-0.4, -0.2) is 30.6 Å². The number of piperidine rings is 1. The summed E-state index contributed by atoms with van der Waals surface area (Å²) in [6.45, 7) is 7.22. The Balaban J connectivity index is 1.52. The predicted octanol–water partition coefficient (Wildman–Crippen LogP) is 2.82. The Bertz CT molecular complexity index is 407. The summed E-state index contributed by atoms with van der Waals surface area (Å²) < 4.78 is 0. The fraction of sp³-hybridized carbons (Fsp3) is 0.647. The first-order valence-corrected chi connectivity index (χ1v) is 7.87. The van der Waals surface area contributed by atoms with E-state index in [4.69, 9.17) is 0 Å². The van der Waals surface area contributed by atoms with E-state index in [9.17, 15) is 0 Å². The molecule has 104 valence electrons. The Morgan fingerprint density at radius 1 is 1.16 bits per heavy atom. The van der Waals surface area contributed by atoms with E-state index in [2.05, 4.69) is 41.4 Å². The monoisotopic (exact) mass is 258 g/mol. The maximum atomic E-state index is 3.71. The minimum atomic E-state index is 0.646. The average molecular weight is 258 g/mol. The van der Waals surface area contributed by atoms with E-state index in [1.54, 1.807) is 5.56 Å². The van der Waals surface area contributed by atoms with E-state index in [1.165, 1.54) is 50.9 Å². The lowest BCUT2D eigenvalue weighted by molar-refractivity contribution is 0.163. The van der Waals surface area contributed by atoms with Crippen LogP contribution in [0.5, 0.6) is 0 Å². The Kier molecular flexibility index (Phi) is 4.19. The summed E-state index contributed by atoms with van der Waals surface area (Å²) in [5.41, 5.74) is 3.04. The van der Waals surface area contributed by atoms with Crippen molar-refractivity contribution in [3.8, 4) is 0 Å². The van der Waals surface area contributed by atoms with Gasteiger partial charge in [0.05, 0.1) is 0 Å². The van der Waals surface area contributed by atoms with Crippen molar-refractivity contribution in [2.75, 3.05) is 19.6 Å². The molecule has 1 saturated heterocycles. The second-order valence-corrected chi connectivity index (χ2v) is 6.20. The lowest BCUT2D eigenvalue weighted by atomic mass is 9.92. The van der Waals surface area contributed by atoms with Crippen molar-refractivity contribution in [2.24, 2.45) is 5.92 Å². The molecule has 0 spiro atoms. The molecule has 2 aliphatic heterocycles. The Labute approximate surface area is 117 Å². The third kappa shape index (κ3) is 3.18. The van der Waals surface area contributed by atoms with Crippen LogP contribution in [0.1, 0.15) is 37.3 Å². The molecule has 0 bridgehead atoms. The molecule has 0 amide bonds. The summed E-state index contributed by atoms with van der Waals surface area (Å²) in [5.74, 6) is 0.983. The normalized spacial score (nSPS) is 25.2. The number of likely N-dealkylation sites (tertiary alicyclic amines) is 1. The first kappa shape index (κ1) is 13.1. The van der Waals surface area contributed by atoms with E-state index >= 15 is 0 Å². The summed E-state index contributed by atoms with van der Waals surface area (Å²) in [6.07, 6.45) is 5.37. The zero-order valence-corrected chi connectivity index (χ0v) is 12.1. The van der Waals surface area contributed by atoms with E-state index in [0.717, 1.165) is 12.5 Å². The molecule has 0 aromatic heterocycles. The minimum Gasteiger partial charge on any atom is -0.308 e. The highest BCUT2D eigenvalue weighted by molar-refractivity contribution is 5.29. The van der Waals surface area contributed by atoms with Crippen molar-refractivity contribution < 1.29 is 0 Å².